The summed E-state index contributed by atoms with van der Waals surface area (Å²) in [6.45, 7) is 7.41. The second-order valence-corrected chi connectivity index (χ2v) is 6.50. The molecule has 1 aromatic carbocycles. The van der Waals surface area contributed by atoms with Crippen molar-refractivity contribution in [2.75, 3.05) is 6.61 Å². The molecule has 0 aliphatic carbocycles. The summed E-state index contributed by atoms with van der Waals surface area (Å²) in [5, 5.41) is 0. The minimum atomic E-state index is 0.167. The second-order valence-electron chi connectivity index (χ2n) is 6.50. The number of hydrogen-bond acceptors (Lipinski definition) is 2. The number of Topliss-reactive ketones (excluding diaryl/α,β-unsaturated/α-hetero) is 1. The number of hydrogen-bond donors (Lipinski definition) is 0. The van der Waals surface area contributed by atoms with E-state index in [4.69, 9.17) is 4.74 Å². The molecule has 1 saturated heterocycles. The van der Waals surface area contributed by atoms with Crippen molar-refractivity contribution in [3.8, 4) is 0 Å². The van der Waals surface area contributed by atoms with Crippen LogP contribution in [0.5, 0.6) is 0 Å². The fourth-order valence-corrected chi connectivity index (χ4v) is 2.48. The highest BCUT2D eigenvalue weighted by Crippen LogP contribution is 2.22. The van der Waals surface area contributed by atoms with Crippen LogP contribution in [0.2, 0.25) is 0 Å². The van der Waals surface area contributed by atoms with Crippen molar-refractivity contribution in [2.24, 2.45) is 0 Å². The number of ketones is 1. The molecule has 0 amide bonds. The van der Waals surface area contributed by atoms with E-state index in [9.17, 15) is 4.79 Å². The van der Waals surface area contributed by atoms with Crippen molar-refractivity contribution in [1.82, 2.24) is 0 Å². The molecule has 1 atom stereocenters. The maximum atomic E-state index is 12.0. The first-order valence-corrected chi connectivity index (χ1v) is 7.18. The van der Waals surface area contributed by atoms with Gasteiger partial charge in [0.1, 0.15) is 5.78 Å². The van der Waals surface area contributed by atoms with Gasteiger partial charge < -0.3 is 4.74 Å². The molecule has 1 fully saturated rings. The van der Waals surface area contributed by atoms with Crippen LogP contribution in [0.1, 0.15) is 51.2 Å². The van der Waals surface area contributed by atoms with E-state index in [0.717, 1.165) is 25.0 Å². The highest BCUT2D eigenvalue weighted by Gasteiger charge is 2.19. The third-order valence-corrected chi connectivity index (χ3v) is 3.70. The van der Waals surface area contributed by atoms with Gasteiger partial charge in [0.15, 0.2) is 0 Å². The van der Waals surface area contributed by atoms with Crippen LogP contribution in [-0.2, 0) is 21.4 Å². The Morgan fingerprint density at radius 1 is 1.26 bits per heavy atom. The van der Waals surface area contributed by atoms with Crippen molar-refractivity contribution in [3.63, 3.8) is 0 Å². The lowest BCUT2D eigenvalue weighted by Crippen LogP contribution is -2.14. The van der Waals surface area contributed by atoms with Crippen LogP contribution < -0.4 is 0 Å². The lowest BCUT2D eigenvalue weighted by atomic mass is 9.86. The summed E-state index contributed by atoms with van der Waals surface area (Å²) >= 11 is 0. The molecular formula is C17H24O2. The van der Waals surface area contributed by atoms with E-state index in [0.29, 0.717) is 12.8 Å². The molecule has 1 unspecified atom stereocenters. The summed E-state index contributed by atoms with van der Waals surface area (Å²) in [7, 11) is 0. The standard InChI is InChI=1S/C17H24O2/c1-17(2,3)14-8-6-13(7-9-14)11-15(18)12-16-5-4-10-19-16/h6-9,16H,4-5,10-12H2,1-3H3. The zero-order chi connectivity index (χ0) is 13.9. The molecule has 1 aromatic rings. The van der Waals surface area contributed by atoms with E-state index in [1.54, 1.807) is 0 Å². The molecular weight excluding hydrogens is 236 g/mol. The van der Waals surface area contributed by atoms with Crippen molar-refractivity contribution in [1.29, 1.82) is 0 Å². The highest BCUT2D eigenvalue weighted by atomic mass is 16.5. The number of carbonyl (C=O) groups excluding carboxylic acids is 1. The van der Waals surface area contributed by atoms with E-state index in [1.807, 2.05) is 0 Å². The average Bonchev–Trinajstić information content (AvgIpc) is 2.81. The fourth-order valence-electron chi connectivity index (χ4n) is 2.48. The van der Waals surface area contributed by atoms with Gasteiger partial charge in [-0.25, -0.2) is 0 Å². The zero-order valence-corrected chi connectivity index (χ0v) is 12.2. The smallest absolute Gasteiger partial charge is 0.139 e. The van der Waals surface area contributed by atoms with Crippen LogP contribution in [0, 0.1) is 0 Å². The molecule has 1 aliphatic heterocycles. The van der Waals surface area contributed by atoms with E-state index in [2.05, 4.69) is 45.0 Å². The quantitative estimate of drug-likeness (QED) is 0.825. The van der Waals surface area contributed by atoms with Gasteiger partial charge in [0.25, 0.3) is 0 Å². The molecule has 2 heteroatoms. The Hall–Kier alpha value is -1.15. The maximum absolute atomic E-state index is 12.0. The highest BCUT2D eigenvalue weighted by molar-refractivity contribution is 5.81. The summed E-state index contributed by atoms with van der Waals surface area (Å²) in [5.41, 5.74) is 2.58. The number of ether oxygens (including phenoxy) is 1. The first-order valence-electron chi connectivity index (χ1n) is 7.18. The van der Waals surface area contributed by atoms with Crippen LogP contribution in [-0.4, -0.2) is 18.5 Å². The molecule has 2 nitrogen and oxygen atoms in total. The summed E-state index contributed by atoms with van der Waals surface area (Å²) in [4.78, 5) is 12.0. The normalized spacial score (nSPS) is 19.6. The largest absolute Gasteiger partial charge is 0.378 e. The maximum Gasteiger partial charge on any atom is 0.139 e. The Bertz CT molecular complexity index is 420. The monoisotopic (exact) mass is 260 g/mol. The van der Waals surface area contributed by atoms with Gasteiger partial charge in [-0.3, -0.25) is 4.79 Å². The van der Waals surface area contributed by atoms with Crippen LogP contribution in [0.3, 0.4) is 0 Å². The Balaban J connectivity index is 1.90. The fraction of sp³-hybridized carbons (Fsp3) is 0.588. The Labute approximate surface area is 116 Å². The van der Waals surface area contributed by atoms with Gasteiger partial charge in [-0.05, 0) is 29.4 Å². The van der Waals surface area contributed by atoms with Gasteiger partial charge in [-0.2, -0.15) is 0 Å². The second kappa shape index (κ2) is 5.87. The number of benzene rings is 1. The topological polar surface area (TPSA) is 26.3 Å². The molecule has 1 heterocycles. The minimum Gasteiger partial charge on any atom is -0.378 e. The van der Waals surface area contributed by atoms with Crippen LogP contribution in [0.15, 0.2) is 24.3 Å². The van der Waals surface area contributed by atoms with Crippen molar-refractivity contribution in [2.45, 2.75) is 58.0 Å². The summed E-state index contributed by atoms with van der Waals surface area (Å²) in [6.07, 6.45) is 3.40. The number of rotatable bonds is 4. The summed E-state index contributed by atoms with van der Waals surface area (Å²) in [6, 6.07) is 8.42. The molecule has 19 heavy (non-hydrogen) atoms. The van der Waals surface area contributed by atoms with Crippen molar-refractivity contribution >= 4 is 5.78 Å². The first kappa shape index (κ1) is 14.3. The zero-order valence-electron chi connectivity index (χ0n) is 12.2. The molecule has 1 aliphatic rings. The minimum absolute atomic E-state index is 0.167. The molecule has 2 rings (SSSR count). The molecule has 104 valence electrons. The van der Waals surface area contributed by atoms with Crippen molar-refractivity contribution in [3.05, 3.63) is 35.4 Å². The van der Waals surface area contributed by atoms with Gasteiger partial charge >= 0.3 is 0 Å². The molecule has 0 N–H and O–H groups in total. The van der Waals surface area contributed by atoms with Crippen LogP contribution in [0.25, 0.3) is 0 Å². The van der Waals surface area contributed by atoms with E-state index in [1.165, 1.54) is 5.56 Å². The lowest BCUT2D eigenvalue weighted by molar-refractivity contribution is -0.120. The molecule has 0 spiro atoms. The average molecular weight is 260 g/mol. The number of carbonyl (C=O) groups is 1. The van der Waals surface area contributed by atoms with Crippen molar-refractivity contribution < 1.29 is 9.53 Å². The SMILES string of the molecule is CC(C)(C)c1ccc(CC(=O)CC2CCCO2)cc1. The van der Waals surface area contributed by atoms with Gasteiger partial charge in [0, 0.05) is 19.4 Å². The molecule has 0 aromatic heterocycles. The van der Waals surface area contributed by atoms with E-state index >= 15 is 0 Å². The predicted molar refractivity (Wildman–Crippen MR) is 77.4 cm³/mol. The Morgan fingerprint density at radius 2 is 1.95 bits per heavy atom. The third kappa shape index (κ3) is 4.17. The lowest BCUT2D eigenvalue weighted by Gasteiger charge is -2.19. The molecule has 0 radical (unpaired) electrons. The van der Waals surface area contributed by atoms with Gasteiger partial charge in [-0.1, -0.05) is 45.0 Å². The molecule has 0 bridgehead atoms. The first-order chi connectivity index (χ1) is 8.95. The molecule has 0 saturated carbocycles. The predicted octanol–water partition coefficient (Wildman–Crippen LogP) is 3.66. The Morgan fingerprint density at radius 3 is 2.47 bits per heavy atom. The van der Waals surface area contributed by atoms with Gasteiger partial charge in [0.05, 0.1) is 6.10 Å². The van der Waals surface area contributed by atoms with E-state index in [-0.39, 0.29) is 17.3 Å². The van der Waals surface area contributed by atoms with Crippen LogP contribution in [0.4, 0.5) is 0 Å². The van der Waals surface area contributed by atoms with Gasteiger partial charge in [-0.15, -0.1) is 0 Å². The van der Waals surface area contributed by atoms with E-state index < -0.39 is 0 Å². The van der Waals surface area contributed by atoms with Crippen LogP contribution >= 0.6 is 0 Å². The summed E-state index contributed by atoms with van der Waals surface area (Å²) < 4.78 is 5.50. The Kier molecular flexibility index (Phi) is 4.41. The van der Waals surface area contributed by atoms with Gasteiger partial charge in [0.2, 0.25) is 0 Å². The third-order valence-electron chi connectivity index (χ3n) is 3.70. The summed E-state index contributed by atoms with van der Waals surface area (Å²) in [5.74, 6) is 0.287.